The van der Waals surface area contributed by atoms with Crippen LogP contribution in [0.4, 0.5) is 0 Å². The van der Waals surface area contributed by atoms with Gasteiger partial charge in [-0.25, -0.2) is 9.67 Å². The number of carbonyl (C=O) groups is 1. The standard InChI is InChI=1S/C24H22Cl2N6O2/c1-14-5-2-3-7-18(14)24(34)31-10-4-6-16(12-31)21-27-22-20(23(33)28-21)29-30-32(22)13-15-8-9-17(25)11-19(15)26/h2-3,5,7-9,11,16H,4,6,10,12-13H2,1H3,(H,27,28,33). The van der Waals surface area contributed by atoms with Crippen molar-refractivity contribution in [1.82, 2.24) is 29.9 Å². The van der Waals surface area contributed by atoms with Crippen molar-refractivity contribution in [3.63, 3.8) is 0 Å². The number of hydrogen-bond donors (Lipinski definition) is 1. The van der Waals surface area contributed by atoms with Gasteiger partial charge < -0.3 is 9.88 Å². The molecule has 1 aliphatic rings. The van der Waals surface area contributed by atoms with Crippen LogP contribution < -0.4 is 5.56 Å². The number of H-pyrrole nitrogens is 1. The first-order chi connectivity index (χ1) is 16.4. The molecule has 8 nitrogen and oxygen atoms in total. The Morgan fingerprint density at radius 2 is 2.03 bits per heavy atom. The molecule has 0 spiro atoms. The first kappa shape index (κ1) is 22.6. The normalized spacial score (nSPS) is 16.2. The highest BCUT2D eigenvalue weighted by Crippen LogP contribution is 2.27. The van der Waals surface area contributed by atoms with Gasteiger partial charge in [0, 0.05) is 34.6 Å². The maximum Gasteiger partial charge on any atom is 0.281 e. The van der Waals surface area contributed by atoms with Crippen molar-refractivity contribution in [2.75, 3.05) is 13.1 Å². The van der Waals surface area contributed by atoms with Gasteiger partial charge in [-0.1, -0.05) is 52.7 Å². The molecule has 0 aliphatic carbocycles. The van der Waals surface area contributed by atoms with Crippen molar-refractivity contribution in [1.29, 1.82) is 0 Å². The number of hydrogen-bond acceptors (Lipinski definition) is 5. The molecule has 5 rings (SSSR count). The van der Waals surface area contributed by atoms with Crippen LogP contribution in [-0.4, -0.2) is 48.9 Å². The van der Waals surface area contributed by atoms with E-state index in [9.17, 15) is 9.59 Å². The second-order valence-corrected chi connectivity index (χ2v) is 9.36. The average Bonchev–Trinajstić information content (AvgIpc) is 3.24. The zero-order valence-corrected chi connectivity index (χ0v) is 20.0. The summed E-state index contributed by atoms with van der Waals surface area (Å²) in [6, 6.07) is 12.8. The molecule has 0 bridgehead atoms. The lowest BCUT2D eigenvalue weighted by molar-refractivity contribution is 0.0704. The van der Waals surface area contributed by atoms with Crippen molar-refractivity contribution >= 4 is 40.3 Å². The van der Waals surface area contributed by atoms with Crippen LogP contribution in [0.25, 0.3) is 11.2 Å². The molecule has 34 heavy (non-hydrogen) atoms. The number of aromatic nitrogens is 5. The van der Waals surface area contributed by atoms with Gasteiger partial charge in [0.05, 0.1) is 6.54 Å². The van der Waals surface area contributed by atoms with E-state index >= 15 is 0 Å². The van der Waals surface area contributed by atoms with Gasteiger partial charge in [0.2, 0.25) is 0 Å². The minimum Gasteiger partial charge on any atom is -0.338 e. The maximum absolute atomic E-state index is 13.1. The summed E-state index contributed by atoms with van der Waals surface area (Å²) in [5.41, 5.74) is 2.62. The Balaban J connectivity index is 1.44. The number of amides is 1. The van der Waals surface area contributed by atoms with Crippen LogP contribution in [0.3, 0.4) is 0 Å². The van der Waals surface area contributed by atoms with E-state index in [0.29, 0.717) is 46.7 Å². The molecular weight excluding hydrogens is 475 g/mol. The first-order valence-electron chi connectivity index (χ1n) is 11.0. The third-order valence-corrected chi connectivity index (χ3v) is 6.78. The van der Waals surface area contributed by atoms with Gasteiger partial charge in [-0.05, 0) is 49.1 Å². The smallest absolute Gasteiger partial charge is 0.281 e. The predicted octanol–water partition coefficient (Wildman–Crippen LogP) is 4.20. The molecule has 1 atom stereocenters. The summed E-state index contributed by atoms with van der Waals surface area (Å²) in [4.78, 5) is 35.3. The summed E-state index contributed by atoms with van der Waals surface area (Å²) >= 11 is 12.3. The monoisotopic (exact) mass is 496 g/mol. The summed E-state index contributed by atoms with van der Waals surface area (Å²) < 4.78 is 1.56. The molecule has 2 aromatic heterocycles. The quantitative estimate of drug-likeness (QED) is 0.456. The highest BCUT2D eigenvalue weighted by molar-refractivity contribution is 6.35. The van der Waals surface area contributed by atoms with Gasteiger partial charge in [-0.2, -0.15) is 0 Å². The minimum atomic E-state index is -0.351. The van der Waals surface area contributed by atoms with E-state index in [2.05, 4.69) is 15.3 Å². The molecular formula is C24H22Cl2N6O2. The SMILES string of the molecule is Cc1ccccc1C(=O)N1CCCC(c2nc3c(nnn3Cc3ccc(Cl)cc3Cl)c(=O)[nH]2)C1. The van der Waals surface area contributed by atoms with E-state index in [4.69, 9.17) is 28.2 Å². The fourth-order valence-electron chi connectivity index (χ4n) is 4.36. The topological polar surface area (TPSA) is 96.8 Å². The number of aryl methyl sites for hydroxylation is 1. The number of halogens is 2. The average molecular weight is 497 g/mol. The summed E-state index contributed by atoms with van der Waals surface area (Å²) in [6.45, 7) is 3.38. The fourth-order valence-corrected chi connectivity index (χ4v) is 4.83. The molecule has 2 aromatic carbocycles. The second-order valence-electron chi connectivity index (χ2n) is 8.51. The zero-order chi connectivity index (χ0) is 23.8. The number of nitrogens with one attached hydrogen (secondary N) is 1. The molecule has 1 saturated heterocycles. The highest BCUT2D eigenvalue weighted by Gasteiger charge is 2.28. The highest BCUT2D eigenvalue weighted by atomic mass is 35.5. The molecule has 1 aliphatic heterocycles. The van der Waals surface area contributed by atoms with E-state index < -0.39 is 0 Å². The molecule has 10 heteroatoms. The van der Waals surface area contributed by atoms with Gasteiger partial charge in [-0.15, -0.1) is 5.10 Å². The van der Waals surface area contributed by atoms with Gasteiger partial charge in [-0.3, -0.25) is 9.59 Å². The number of fused-ring (bicyclic) bond motifs is 1. The fraction of sp³-hybridized carbons (Fsp3) is 0.292. The maximum atomic E-state index is 13.1. The van der Waals surface area contributed by atoms with Crippen molar-refractivity contribution in [2.45, 2.75) is 32.2 Å². The van der Waals surface area contributed by atoms with E-state index in [-0.39, 0.29) is 22.9 Å². The molecule has 1 N–H and O–H groups in total. The lowest BCUT2D eigenvalue weighted by Crippen LogP contribution is -2.40. The summed E-state index contributed by atoms with van der Waals surface area (Å²) in [7, 11) is 0. The Morgan fingerprint density at radius 1 is 1.21 bits per heavy atom. The van der Waals surface area contributed by atoms with Crippen molar-refractivity contribution in [2.24, 2.45) is 0 Å². The van der Waals surface area contributed by atoms with Crippen LogP contribution in [0, 0.1) is 6.92 Å². The number of carbonyl (C=O) groups excluding carboxylic acids is 1. The molecule has 0 saturated carbocycles. The number of rotatable bonds is 4. The van der Waals surface area contributed by atoms with Crippen LogP contribution in [0.1, 0.15) is 46.1 Å². The lowest BCUT2D eigenvalue weighted by atomic mass is 9.96. The van der Waals surface area contributed by atoms with Crippen molar-refractivity contribution in [3.05, 3.63) is 85.4 Å². The van der Waals surface area contributed by atoms with Gasteiger partial charge >= 0.3 is 0 Å². The Labute approximate surface area is 205 Å². The van der Waals surface area contributed by atoms with Gasteiger partial charge in [0.1, 0.15) is 5.82 Å². The first-order valence-corrected chi connectivity index (χ1v) is 11.8. The van der Waals surface area contributed by atoms with Crippen LogP contribution in [0.2, 0.25) is 10.0 Å². The van der Waals surface area contributed by atoms with E-state index in [1.54, 1.807) is 16.8 Å². The summed E-state index contributed by atoms with van der Waals surface area (Å²) in [5.74, 6) is 0.433. The Morgan fingerprint density at radius 3 is 2.82 bits per heavy atom. The molecule has 1 fully saturated rings. The Kier molecular flexibility index (Phi) is 6.10. The van der Waals surface area contributed by atoms with Gasteiger partial charge in [0.25, 0.3) is 11.5 Å². The van der Waals surface area contributed by atoms with E-state index in [0.717, 1.165) is 24.0 Å². The van der Waals surface area contributed by atoms with Crippen LogP contribution in [-0.2, 0) is 6.54 Å². The summed E-state index contributed by atoms with van der Waals surface area (Å²) in [5, 5.41) is 9.17. The minimum absolute atomic E-state index is 0.00434. The lowest BCUT2D eigenvalue weighted by Gasteiger charge is -2.32. The molecule has 4 aromatic rings. The van der Waals surface area contributed by atoms with Crippen molar-refractivity contribution < 1.29 is 4.79 Å². The Hall–Kier alpha value is -3.23. The molecule has 1 amide bonds. The molecule has 0 radical (unpaired) electrons. The molecule has 3 heterocycles. The largest absolute Gasteiger partial charge is 0.338 e. The Bertz CT molecular complexity index is 1450. The van der Waals surface area contributed by atoms with Gasteiger partial charge in [0.15, 0.2) is 11.2 Å². The predicted molar refractivity (Wildman–Crippen MR) is 131 cm³/mol. The number of nitrogens with zero attached hydrogens (tertiary/aromatic N) is 5. The zero-order valence-electron chi connectivity index (χ0n) is 18.5. The number of aromatic amines is 1. The van der Waals surface area contributed by atoms with Crippen molar-refractivity contribution in [3.8, 4) is 0 Å². The molecule has 174 valence electrons. The van der Waals surface area contributed by atoms with Crippen LogP contribution in [0.15, 0.2) is 47.3 Å². The van der Waals surface area contributed by atoms with Crippen LogP contribution in [0.5, 0.6) is 0 Å². The summed E-state index contributed by atoms with van der Waals surface area (Å²) in [6.07, 6.45) is 1.64. The second kappa shape index (κ2) is 9.19. The third kappa shape index (κ3) is 4.31. The molecule has 1 unspecified atom stereocenters. The number of benzene rings is 2. The number of piperidine rings is 1. The van der Waals surface area contributed by atoms with Crippen LogP contribution >= 0.6 is 23.2 Å². The number of likely N-dealkylation sites (tertiary alicyclic amines) is 1. The third-order valence-electron chi connectivity index (χ3n) is 6.20. The van der Waals surface area contributed by atoms with E-state index in [1.807, 2.05) is 42.2 Å². The van der Waals surface area contributed by atoms with E-state index in [1.165, 1.54) is 0 Å².